The van der Waals surface area contributed by atoms with Gasteiger partial charge in [-0.3, -0.25) is 4.79 Å². The molecule has 1 fully saturated rings. The minimum atomic E-state index is -0.760. The normalized spacial score (nSPS) is 22.9. The summed E-state index contributed by atoms with van der Waals surface area (Å²) in [7, 11) is 0. The van der Waals surface area contributed by atoms with Crippen molar-refractivity contribution in [2.24, 2.45) is 5.41 Å². The number of hydrogen-bond acceptors (Lipinski definition) is 2. The van der Waals surface area contributed by atoms with Gasteiger partial charge in [0.2, 0.25) is 0 Å². The summed E-state index contributed by atoms with van der Waals surface area (Å²) < 4.78 is 1.15. The van der Waals surface area contributed by atoms with E-state index in [0.29, 0.717) is 32.5 Å². The van der Waals surface area contributed by atoms with E-state index in [0.717, 1.165) is 17.4 Å². The molecule has 0 radical (unpaired) electrons. The van der Waals surface area contributed by atoms with Crippen LogP contribution in [0.1, 0.15) is 26.2 Å². The number of carbonyl (C=O) groups excluding carboxylic acids is 1. The summed E-state index contributed by atoms with van der Waals surface area (Å²) in [4.78, 5) is 27.1. The summed E-state index contributed by atoms with van der Waals surface area (Å²) in [6, 6.07) is 0.0312. The number of carboxylic acids is 1. The summed E-state index contributed by atoms with van der Waals surface area (Å²) in [6.45, 7) is 4.18. The molecule has 106 valence electrons. The lowest BCUT2D eigenvalue weighted by atomic mass is 9.80. The number of piperidine rings is 1. The first-order chi connectivity index (χ1) is 8.92. The number of rotatable bonds is 1. The molecule has 6 heteroatoms. The number of carboxylic acid groups (broad SMARTS) is 1. The highest BCUT2D eigenvalue weighted by atomic mass is 79.9. The fraction of sp³-hybridized carbons (Fsp3) is 0.692. The minimum absolute atomic E-state index is 0.0312. The molecule has 2 rings (SSSR count). The van der Waals surface area contributed by atoms with Gasteiger partial charge in [-0.15, -0.1) is 0 Å². The zero-order valence-corrected chi connectivity index (χ0v) is 12.6. The molecule has 0 atom stereocenters. The van der Waals surface area contributed by atoms with Crippen LogP contribution in [0.2, 0.25) is 0 Å². The van der Waals surface area contributed by atoms with E-state index in [2.05, 4.69) is 15.9 Å². The van der Waals surface area contributed by atoms with E-state index in [-0.39, 0.29) is 6.03 Å². The van der Waals surface area contributed by atoms with Gasteiger partial charge in [-0.1, -0.05) is 22.0 Å². The van der Waals surface area contributed by atoms with Gasteiger partial charge in [-0.25, -0.2) is 4.79 Å². The fourth-order valence-corrected chi connectivity index (χ4v) is 2.75. The molecule has 1 N–H and O–H groups in total. The van der Waals surface area contributed by atoms with Gasteiger partial charge in [0.05, 0.1) is 5.41 Å². The van der Waals surface area contributed by atoms with Gasteiger partial charge in [-0.05, 0) is 30.7 Å². The maximum Gasteiger partial charge on any atom is 0.320 e. The van der Waals surface area contributed by atoms with Crippen LogP contribution in [0.4, 0.5) is 4.79 Å². The number of aliphatic carboxylic acids is 1. The van der Waals surface area contributed by atoms with Gasteiger partial charge in [-0.2, -0.15) is 0 Å². The molecule has 2 heterocycles. The van der Waals surface area contributed by atoms with Crippen molar-refractivity contribution in [2.75, 3.05) is 26.2 Å². The molecular weight excluding hydrogens is 312 g/mol. The van der Waals surface area contributed by atoms with E-state index in [1.165, 1.54) is 0 Å². The van der Waals surface area contributed by atoms with Crippen molar-refractivity contribution >= 4 is 27.9 Å². The Labute approximate surface area is 121 Å². The van der Waals surface area contributed by atoms with Crippen molar-refractivity contribution in [1.82, 2.24) is 9.80 Å². The Hall–Kier alpha value is -1.04. The van der Waals surface area contributed by atoms with Gasteiger partial charge in [0, 0.05) is 26.2 Å². The predicted molar refractivity (Wildman–Crippen MR) is 75.1 cm³/mol. The van der Waals surface area contributed by atoms with Crippen molar-refractivity contribution in [3.63, 3.8) is 0 Å². The second-order valence-electron chi connectivity index (χ2n) is 5.48. The lowest BCUT2D eigenvalue weighted by molar-refractivity contribution is -0.150. The highest BCUT2D eigenvalue weighted by Gasteiger charge is 2.38. The van der Waals surface area contributed by atoms with Crippen LogP contribution in [0.25, 0.3) is 0 Å². The van der Waals surface area contributed by atoms with Crippen LogP contribution in [-0.4, -0.2) is 53.1 Å². The number of urea groups is 1. The summed E-state index contributed by atoms with van der Waals surface area (Å²) in [5.74, 6) is -0.760. The van der Waals surface area contributed by atoms with E-state index < -0.39 is 11.4 Å². The third-order valence-corrected chi connectivity index (χ3v) is 4.80. The zero-order chi connectivity index (χ0) is 14.0. The highest BCUT2D eigenvalue weighted by molar-refractivity contribution is 9.11. The molecule has 2 aliphatic rings. The van der Waals surface area contributed by atoms with E-state index >= 15 is 0 Å². The molecule has 0 spiro atoms. The van der Waals surface area contributed by atoms with Crippen LogP contribution in [0.3, 0.4) is 0 Å². The molecule has 1 saturated heterocycles. The van der Waals surface area contributed by atoms with Gasteiger partial charge >= 0.3 is 12.0 Å². The summed E-state index contributed by atoms with van der Waals surface area (Å²) in [5, 5.41) is 9.17. The molecule has 0 aromatic rings. The maximum absolute atomic E-state index is 12.3. The van der Waals surface area contributed by atoms with E-state index in [1.807, 2.05) is 11.0 Å². The second kappa shape index (κ2) is 5.53. The number of amides is 2. The van der Waals surface area contributed by atoms with Crippen LogP contribution in [-0.2, 0) is 4.79 Å². The quantitative estimate of drug-likeness (QED) is 0.802. The first-order valence-electron chi connectivity index (χ1n) is 6.54. The van der Waals surface area contributed by atoms with Crippen molar-refractivity contribution in [3.8, 4) is 0 Å². The number of likely N-dealkylation sites (tertiary alicyclic amines) is 1. The molecule has 2 aliphatic heterocycles. The Bertz CT molecular complexity index is 414. The molecule has 0 aromatic heterocycles. The molecule has 19 heavy (non-hydrogen) atoms. The molecule has 2 amide bonds. The average Bonchev–Trinajstić information content (AvgIpc) is 2.39. The van der Waals surface area contributed by atoms with E-state index in [1.54, 1.807) is 11.8 Å². The molecule has 0 unspecified atom stereocenters. The van der Waals surface area contributed by atoms with Crippen molar-refractivity contribution in [1.29, 1.82) is 0 Å². The summed E-state index contributed by atoms with van der Waals surface area (Å²) in [6.07, 6.45) is 3.92. The van der Waals surface area contributed by atoms with Crippen LogP contribution < -0.4 is 0 Å². The molecule has 0 saturated carbocycles. The summed E-state index contributed by atoms with van der Waals surface area (Å²) >= 11 is 3.44. The molecular formula is C13H19BrN2O3. The minimum Gasteiger partial charge on any atom is -0.481 e. The van der Waals surface area contributed by atoms with Crippen LogP contribution in [0.15, 0.2) is 10.6 Å². The molecule has 0 bridgehead atoms. The van der Waals surface area contributed by atoms with Gasteiger partial charge in [0.15, 0.2) is 0 Å². The monoisotopic (exact) mass is 330 g/mol. The second-order valence-corrected chi connectivity index (χ2v) is 6.50. The molecule has 0 aliphatic carbocycles. The molecule has 0 aromatic carbocycles. The van der Waals surface area contributed by atoms with E-state index in [4.69, 9.17) is 0 Å². The number of halogens is 1. The van der Waals surface area contributed by atoms with E-state index in [9.17, 15) is 14.7 Å². The van der Waals surface area contributed by atoms with Crippen LogP contribution >= 0.6 is 15.9 Å². The Balaban J connectivity index is 1.91. The Morgan fingerprint density at radius 1 is 1.26 bits per heavy atom. The predicted octanol–water partition coefficient (Wildman–Crippen LogP) is 2.28. The molecule has 5 nitrogen and oxygen atoms in total. The third kappa shape index (κ3) is 3.11. The largest absolute Gasteiger partial charge is 0.481 e. The van der Waals surface area contributed by atoms with Gasteiger partial charge < -0.3 is 14.9 Å². The Morgan fingerprint density at radius 3 is 2.37 bits per heavy atom. The number of hydrogen-bond donors (Lipinski definition) is 1. The Morgan fingerprint density at radius 2 is 1.89 bits per heavy atom. The van der Waals surface area contributed by atoms with Crippen LogP contribution in [0, 0.1) is 5.41 Å². The summed E-state index contributed by atoms with van der Waals surface area (Å²) in [5.41, 5.74) is -0.679. The third-order valence-electron chi connectivity index (χ3n) is 4.08. The Kier molecular flexibility index (Phi) is 4.18. The fourth-order valence-electron chi connectivity index (χ4n) is 2.42. The van der Waals surface area contributed by atoms with Gasteiger partial charge in [0.25, 0.3) is 0 Å². The number of nitrogens with zero attached hydrogens (tertiary/aromatic N) is 2. The van der Waals surface area contributed by atoms with Gasteiger partial charge in [0.1, 0.15) is 0 Å². The van der Waals surface area contributed by atoms with Crippen LogP contribution in [0.5, 0.6) is 0 Å². The lowest BCUT2D eigenvalue weighted by Crippen LogP contribution is -2.50. The highest BCUT2D eigenvalue weighted by Crippen LogP contribution is 2.31. The first kappa shape index (κ1) is 14.4. The number of carbonyl (C=O) groups is 2. The average molecular weight is 331 g/mol. The zero-order valence-electron chi connectivity index (χ0n) is 11.1. The maximum atomic E-state index is 12.3. The first-order valence-corrected chi connectivity index (χ1v) is 7.33. The van der Waals surface area contributed by atoms with Crippen molar-refractivity contribution in [2.45, 2.75) is 26.2 Å². The SMILES string of the molecule is CC1(C(=O)O)CCN(C(=O)N2CC=C(Br)CC2)CC1. The smallest absolute Gasteiger partial charge is 0.320 e. The standard InChI is InChI=1S/C13H19BrN2O3/c1-13(11(17)18)4-8-16(9-5-13)12(19)15-6-2-10(14)3-7-15/h2H,3-9H2,1H3,(H,17,18). The van der Waals surface area contributed by atoms with Crippen molar-refractivity contribution in [3.05, 3.63) is 10.6 Å². The van der Waals surface area contributed by atoms with Crippen molar-refractivity contribution < 1.29 is 14.7 Å². The lowest BCUT2D eigenvalue weighted by Gasteiger charge is -2.39. The topological polar surface area (TPSA) is 60.9 Å².